The number of amides is 1. The molecule has 3 aromatic rings. The van der Waals surface area contributed by atoms with E-state index in [1.54, 1.807) is 19.1 Å². The first-order valence-electron chi connectivity index (χ1n) is 10.5. The molecule has 1 saturated heterocycles. The van der Waals surface area contributed by atoms with Crippen molar-refractivity contribution in [3.05, 3.63) is 54.6 Å². The predicted molar refractivity (Wildman–Crippen MR) is 126 cm³/mol. The second-order valence-corrected chi connectivity index (χ2v) is 10.8. The summed E-state index contributed by atoms with van der Waals surface area (Å²) >= 11 is 1.30. The summed E-state index contributed by atoms with van der Waals surface area (Å²) in [6.07, 6.45) is 0. The van der Waals surface area contributed by atoms with Crippen LogP contribution in [0.5, 0.6) is 0 Å². The van der Waals surface area contributed by atoms with Crippen LogP contribution in [0.25, 0.3) is 11.4 Å². The Balaban J connectivity index is 1.39. The molecule has 1 fully saturated rings. The minimum absolute atomic E-state index is 0.192. The highest BCUT2D eigenvalue weighted by molar-refractivity contribution is 8.00. The Morgan fingerprint density at radius 3 is 2.39 bits per heavy atom. The SMILES string of the molecule is C[C@@H](Sc1nnc(-c2ccccc2)n1C)C(=O)Nc1ccc(S(=O)(=O)N2CCOCC2)cc1. The number of rotatable bonds is 7. The van der Waals surface area contributed by atoms with Crippen LogP contribution in [0.1, 0.15) is 6.92 Å². The molecule has 0 radical (unpaired) electrons. The molecule has 1 aliphatic rings. The highest BCUT2D eigenvalue weighted by atomic mass is 32.2. The summed E-state index contributed by atoms with van der Waals surface area (Å²) in [7, 11) is -1.71. The lowest BCUT2D eigenvalue weighted by molar-refractivity contribution is -0.115. The van der Waals surface area contributed by atoms with Gasteiger partial charge in [0.25, 0.3) is 0 Å². The van der Waals surface area contributed by atoms with Crippen molar-refractivity contribution in [3.63, 3.8) is 0 Å². The fourth-order valence-corrected chi connectivity index (χ4v) is 5.58. The van der Waals surface area contributed by atoms with Gasteiger partial charge in [0.2, 0.25) is 15.9 Å². The zero-order valence-electron chi connectivity index (χ0n) is 18.3. The van der Waals surface area contributed by atoms with Gasteiger partial charge >= 0.3 is 0 Å². The Bertz CT molecular complexity index is 1210. The number of nitrogens with zero attached hydrogens (tertiary/aromatic N) is 4. The molecule has 0 aliphatic carbocycles. The molecule has 1 N–H and O–H groups in total. The molecular formula is C22H25N5O4S2. The summed E-state index contributed by atoms with van der Waals surface area (Å²) in [5.41, 5.74) is 1.47. The Labute approximate surface area is 197 Å². The summed E-state index contributed by atoms with van der Waals surface area (Å²) < 4.78 is 34.0. The van der Waals surface area contributed by atoms with E-state index in [2.05, 4.69) is 15.5 Å². The highest BCUT2D eigenvalue weighted by Crippen LogP contribution is 2.26. The van der Waals surface area contributed by atoms with Gasteiger partial charge in [0, 0.05) is 31.4 Å². The number of nitrogens with one attached hydrogen (secondary N) is 1. The summed E-state index contributed by atoms with van der Waals surface area (Å²) in [5, 5.41) is 11.5. The maximum atomic E-state index is 12.7. The van der Waals surface area contributed by atoms with E-state index in [9.17, 15) is 13.2 Å². The van der Waals surface area contributed by atoms with Crippen molar-refractivity contribution in [2.75, 3.05) is 31.6 Å². The van der Waals surface area contributed by atoms with Crippen molar-refractivity contribution < 1.29 is 17.9 Å². The molecule has 174 valence electrons. The lowest BCUT2D eigenvalue weighted by atomic mass is 10.2. The van der Waals surface area contributed by atoms with Crippen LogP contribution in [-0.2, 0) is 26.6 Å². The number of carbonyl (C=O) groups excluding carboxylic acids is 1. The van der Waals surface area contributed by atoms with Crippen molar-refractivity contribution >= 4 is 33.4 Å². The van der Waals surface area contributed by atoms with Crippen molar-refractivity contribution in [3.8, 4) is 11.4 Å². The zero-order valence-corrected chi connectivity index (χ0v) is 20.0. The molecule has 0 bridgehead atoms. The number of hydrogen-bond acceptors (Lipinski definition) is 7. The fraction of sp³-hybridized carbons (Fsp3) is 0.318. The standard InChI is InChI=1S/C22H25N5O4S2/c1-16(32-22-25-24-20(26(22)2)17-6-4-3-5-7-17)21(28)23-18-8-10-19(11-9-18)33(29,30)27-12-14-31-15-13-27/h3-11,16H,12-15H2,1-2H3,(H,23,28)/t16-/m1/s1. The van der Waals surface area contributed by atoms with E-state index in [1.165, 1.54) is 28.2 Å². The first-order valence-corrected chi connectivity index (χ1v) is 12.8. The van der Waals surface area contributed by atoms with E-state index in [1.807, 2.05) is 41.9 Å². The maximum Gasteiger partial charge on any atom is 0.243 e. The second-order valence-electron chi connectivity index (χ2n) is 7.52. The van der Waals surface area contributed by atoms with E-state index in [0.717, 1.165) is 11.4 Å². The number of hydrogen-bond donors (Lipinski definition) is 1. The molecule has 2 heterocycles. The van der Waals surface area contributed by atoms with Gasteiger partial charge in [-0.15, -0.1) is 10.2 Å². The summed E-state index contributed by atoms with van der Waals surface area (Å²) in [6.45, 7) is 3.24. The van der Waals surface area contributed by atoms with Gasteiger partial charge in [-0.3, -0.25) is 4.79 Å². The molecule has 33 heavy (non-hydrogen) atoms. The molecule has 1 atom stereocenters. The van der Waals surface area contributed by atoms with Crippen molar-refractivity contribution in [1.82, 2.24) is 19.1 Å². The summed E-state index contributed by atoms with van der Waals surface area (Å²) in [4.78, 5) is 12.9. The number of carbonyl (C=O) groups is 1. The number of thioether (sulfide) groups is 1. The average Bonchev–Trinajstić information content (AvgIpc) is 3.20. The third-order valence-corrected chi connectivity index (χ3v) is 8.29. The molecule has 4 rings (SSSR count). The van der Waals surface area contributed by atoms with Gasteiger partial charge in [-0.05, 0) is 31.2 Å². The first kappa shape index (κ1) is 23.4. The summed E-state index contributed by atoms with van der Waals surface area (Å²) in [5.74, 6) is 0.510. The molecule has 1 amide bonds. The van der Waals surface area contributed by atoms with E-state index in [0.29, 0.717) is 37.1 Å². The lowest BCUT2D eigenvalue weighted by Crippen LogP contribution is -2.40. The Kier molecular flexibility index (Phi) is 7.13. The normalized spacial score (nSPS) is 15.8. The number of ether oxygens (including phenoxy) is 1. The van der Waals surface area contributed by atoms with Gasteiger partial charge in [-0.25, -0.2) is 8.42 Å². The van der Waals surface area contributed by atoms with E-state index >= 15 is 0 Å². The molecule has 2 aromatic carbocycles. The van der Waals surface area contributed by atoms with Gasteiger partial charge in [-0.2, -0.15) is 4.31 Å². The number of anilines is 1. The van der Waals surface area contributed by atoms with Crippen LogP contribution >= 0.6 is 11.8 Å². The summed E-state index contributed by atoms with van der Waals surface area (Å²) in [6, 6.07) is 15.9. The van der Waals surface area contributed by atoms with Crippen molar-refractivity contribution in [2.45, 2.75) is 22.2 Å². The molecule has 0 unspecified atom stereocenters. The quantitative estimate of drug-likeness (QED) is 0.511. The van der Waals surface area contributed by atoms with Crippen LogP contribution in [0.4, 0.5) is 5.69 Å². The van der Waals surface area contributed by atoms with Crippen LogP contribution in [-0.4, -0.2) is 64.9 Å². The number of benzene rings is 2. The van der Waals surface area contributed by atoms with Crippen molar-refractivity contribution in [1.29, 1.82) is 0 Å². The van der Waals surface area contributed by atoms with Gasteiger partial charge in [-0.1, -0.05) is 42.1 Å². The van der Waals surface area contributed by atoms with Crippen LogP contribution < -0.4 is 5.32 Å². The molecule has 11 heteroatoms. The van der Waals surface area contributed by atoms with Crippen LogP contribution in [0.15, 0.2) is 64.6 Å². The van der Waals surface area contributed by atoms with E-state index < -0.39 is 15.3 Å². The lowest BCUT2D eigenvalue weighted by Gasteiger charge is -2.26. The zero-order chi connectivity index (χ0) is 23.4. The molecule has 1 aromatic heterocycles. The molecule has 9 nitrogen and oxygen atoms in total. The monoisotopic (exact) mass is 487 g/mol. The Morgan fingerprint density at radius 2 is 1.73 bits per heavy atom. The Hall–Kier alpha value is -2.73. The van der Waals surface area contributed by atoms with Gasteiger partial charge in [0.1, 0.15) is 0 Å². The van der Waals surface area contributed by atoms with E-state index in [4.69, 9.17) is 4.74 Å². The first-order chi connectivity index (χ1) is 15.9. The smallest absolute Gasteiger partial charge is 0.243 e. The topological polar surface area (TPSA) is 106 Å². The molecule has 0 spiro atoms. The third kappa shape index (κ3) is 5.27. The third-order valence-electron chi connectivity index (χ3n) is 5.25. The minimum Gasteiger partial charge on any atom is -0.379 e. The average molecular weight is 488 g/mol. The van der Waals surface area contributed by atoms with Crippen LogP contribution in [0, 0.1) is 0 Å². The number of sulfonamides is 1. The number of morpholine rings is 1. The fourth-order valence-electron chi connectivity index (χ4n) is 3.36. The minimum atomic E-state index is -3.57. The van der Waals surface area contributed by atoms with Crippen LogP contribution in [0.3, 0.4) is 0 Å². The number of aromatic nitrogens is 3. The van der Waals surface area contributed by atoms with E-state index in [-0.39, 0.29) is 10.8 Å². The maximum absolute atomic E-state index is 12.7. The largest absolute Gasteiger partial charge is 0.379 e. The Morgan fingerprint density at radius 1 is 1.06 bits per heavy atom. The predicted octanol–water partition coefficient (Wildman–Crippen LogP) is 2.62. The molecular weight excluding hydrogens is 462 g/mol. The molecule has 1 aliphatic heterocycles. The van der Waals surface area contributed by atoms with Crippen LogP contribution in [0.2, 0.25) is 0 Å². The second kappa shape index (κ2) is 10.0. The molecule has 0 saturated carbocycles. The highest BCUT2D eigenvalue weighted by Gasteiger charge is 2.26. The van der Waals surface area contributed by atoms with Crippen molar-refractivity contribution in [2.24, 2.45) is 7.05 Å². The van der Waals surface area contributed by atoms with Gasteiger partial charge < -0.3 is 14.6 Å². The van der Waals surface area contributed by atoms with Gasteiger partial charge in [0.15, 0.2) is 11.0 Å². The van der Waals surface area contributed by atoms with Gasteiger partial charge in [0.05, 0.1) is 23.4 Å².